The van der Waals surface area contributed by atoms with Gasteiger partial charge in [-0.25, -0.2) is 8.78 Å². The van der Waals surface area contributed by atoms with E-state index in [1.165, 1.54) is 11.3 Å². The molecular weight excluding hydrogens is 242 g/mol. The maximum atomic E-state index is 12.9. The molecule has 6 heteroatoms. The lowest BCUT2D eigenvalue weighted by molar-refractivity contribution is -0.0382. The first-order valence-electron chi connectivity index (χ1n) is 4.87. The summed E-state index contributed by atoms with van der Waals surface area (Å²) in [5.74, 6) is -1.98. The number of nitrogens with zero attached hydrogens (tertiary/aromatic N) is 2. The molecule has 1 aliphatic carbocycles. The summed E-state index contributed by atoms with van der Waals surface area (Å²) in [5, 5.41) is 9.52. The largest absolute Gasteiger partial charge is 0.248 e. The van der Waals surface area contributed by atoms with Crippen LogP contribution in [0.2, 0.25) is 0 Å². The Morgan fingerprint density at radius 2 is 2.00 bits per heavy atom. The van der Waals surface area contributed by atoms with Crippen LogP contribution in [0.15, 0.2) is 0 Å². The molecule has 84 valence electrons. The van der Waals surface area contributed by atoms with Crippen LogP contribution in [0.3, 0.4) is 0 Å². The fourth-order valence-corrected chi connectivity index (χ4v) is 2.85. The van der Waals surface area contributed by atoms with E-state index in [1.54, 1.807) is 0 Å². The molecule has 0 aliphatic heterocycles. The SMILES string of the molecule is FC1(F)CCC(c2nnc(CCl)s2)CC1. The van der Waals surface area contributed by atoms with Gasteiger partial charge in [0.25, 0.3) is 0 Å². The van der Waals surface area contributed by atoms with E-state index < -0.39 is 5.92 Å². The van der Waals surface area contributed by atoms with Crippen LogP contribution in [0.4, 0.5) is 8.78 Å². The van der Waals surface area contributed by atoms with E-state index in [1.807, 2.05) is 0 Å². The highest BCUT2D eigenvalue weighted by Gasteiger charge is 2.36. The first-order chi connectivity index (χ1) is 7.11. The molecule has 2 nitrogen and oxygen atoms in total. The molecule has 0 N–H and O–H groups in total. The average molecular weight is 253 g/mol. The van der Waals surface area contributed by atoms with E-state index in [9.17, 15) is 8.78 Å². The van der Waals surface area contributed by atoms with E-state index >= 15 is 0 Å². The van der Waals surface area contributed by atoms with Crippen molar-refractivity contribution in [2.45, 2.75) is 43.4 Å². The Balaban J connectivity index is 2.01. The summed E-state index contributed by atoms with van der Waals surface area (Å²) in [6, 6.07) is 0. The second kappa shape index (κ2) is 4.29. The minimum Gasteiger partial charge on any atom is -0.207 e. The Labute approximate surface area is 95.7 Å². The van der Waals surface area contributed by atoms with Gasteiger partial charge in [-0.3, -0.25) is 0 Å². The highest BCUT2D eigenvalue weighted by atomic mass is 35.5. The summed E-state index contributed by atoms with van der Waals surface area (Å²) >= 11 is 7.05. The number of hydrogen-bond donors (Lipinski definition) is 0. The Kier molecular flexibility index (Phi) is 3.21. The smallest absolute Gasteiger partial charge is 0.207 e. The molecule has 0 radical (unpaired) electrons. The van der Waals surface area contributed by atoms with Crippen molar-refractivity contribution in [3.8, 4) is 0 Å². The Hall–Kier alpha value is -0.290. The van der Waals surface area contributed by atoms with Crippen molar-refractivity contribution in [2.24, 2.45) is 0 Å². The summed E-state index contributed by atoms with van der Waals surface area (Å²) < 4.78 is 25.8. The van der Waals surface area contributed by atoms with Gasteiger partial charge in [0.1, 0.15) is 10.0 Å². The van der Waals surface area contributed by atoms with Gasteiger partial charge in [0, 0.05) is 18.8 Å². The molecule has 0 saturated heterocycles. The van der Waals surface area contributed by atoms with E-state index in [4.69, 9.17) is 11.6 Å². The fraction of sp³-hybridized carbons (Fsp3) is 0.778. The average Bonchev–Trinajstić information content (AvgIpc) is 2.66. The van der Waals surface area contributed by atoms with E-state index in [0.29, 0.717) is 18.7 Å². The number of alkyl halides is 3. The van der Waals surface area contributed by atoms with E-state index in [-0.39, 0.29) is 18.8 Å². The van der Waals surface area contributed by atoms with Crippen LogP contribution in [0.1, 0.15) is 41.6 Å². The molecule has 1 heterocycles. The number of hydrogen-bond acceptors (Lipinski definition) is 3. The molecule has 0 atom stereocenters. The lowest BCUT2D eigenvalue weighted by Crippen LogP contribution is -2.23. The van der Waals surface area contributed by atoms with Gasteiger partial charge in [0.05, 0.1) is 5.88 Å². The number of halogens is 3. The normalized spacial score (nSPS) is 21.8. The van der Waals surface area contributed by atoms with Crippen molar-refractivity contribution in [3.63, 3.8) is 0 Å². The molecule has 0 unspecified atom stereocenters. The first-order valence-corrected chi connectivity index (χ1v) is 6.22. The number of aromatic nitrogens is 2. The fourth-order valence-electron chi connectivity index (χ4n) is 1.77. The second-order valence-corrected chi connectivity index (χ2v) is 5.16. The standard InChI is InChI=1S/C9H11ClF2N2S/c10-5-7-13-14-8(15-7)6-1-3-9(11,12)4-2-6/h6H,1-5H2. The van der Waals surface area contributed by atoms with Crippen molar-refractivity contribution in [1.82, 2.24) is 10.2 Å². The Morgan fingerprint density at radius 1 is 1.33 bits per heavy atom. The van der Waals surface area contributed by atoms with Crippen LogP contribution in [-0.2, 0) is 5.88 Å². The summed E-state index contributed by atoms with van der Waals surface area (Å²) in [6.45, 7) is 0. The highest BCUT2D eigenvalue weighted by molar-refractivity contribution is 7.11. The van der Waals surface area contributed by atoms with Crippen LogP contribution < -0.4 is 0 Å². The molecule has 0 bridgehead atoms. The molecule has 0 amide bonds. The van der Waals surface area contributed by atoms with Crippen molar-refractivity contribution < 1.29 is 8.78 Å². The van der Waals surface area contributed by atoms with Crippen molar-refractivity contribution >= 4 is 22.9 Å². The zero-order chi connectivity index (χ0) is 10.9. The molecule has 1 aliphatic rings. The van der Waals surface area contributed by atoms with Crippen LogP contribution in [0.25, 0.3) is 0 Å². The molecule has 1 aromatic heterocycles. The van der Waals surface area contributed by atoms with Gasteiger partial charge in [-0.1, -0.05) is 11.3 Å². The summed E-state index contributed by atoms with van der Waals surface area (Å²) in [5.41, 5.74) is 0. The maximum absolute atomic E-state index is 12.9. The van der Waals surface area contributed by atoms with Crippen LogP contribution in [0.5, 0.6) is 0 Å². The monoisotopic (exact) mass is 252 g/mol. The maximum Gasteiger partial charge on any atom is 0.248 e. The summed E-state index contributed by atoms with van der Waals surface area (Å²) in [7, 11) is 0. The molecule has 0 spiro atoms. The van der Waals surface area contributed by atoms with Gasteiger partial charge < -0.3 is 0 Å². The second-order valence-electron chi connectivity index (χ2n) is 3.80. The van der Waals surface area contributed by atoms with Gasteiger partial charge in [0.15, 0.2) is 0 Å². The van der Waals surface area contributed by atoms with Crippen molar-refractivity contribution in [2.75, 3.05) is 0 Å². The minimum absolute atomic E-state index is 0.0343. The molecule has 1 aromatic rings. The Bertz CT molecular complexity index is 333. The van der Waals surface area contributed by atoms with Crippen LogP contribution in [-0.4, -0.2) is 16.1 Å². The highest BCUT2D eigenvalue weighted by Crippen LogP contribution is 2.41. The third-order valence-corrected chi connectivity index (χ3v) is 4.16. The minimum atomic E-state index is -2.48. The van der Waals surface area contributed by atoms with Gasteiger partial charge in [-0.15, -0.1) is 21.8 Å². The van der Waals surface area contributed by atoms with Gasteiger partial charge in [-0.05, 0) is 12.8 Å². The van der Waals surface area contributed by atoms with Gasteiger partial charge in [0.2, 0.25) is 5.92 Å². The van der Waals surface area contributed by atoms with E-state index in [2.05, 4.69) is 10.2 Å². The third kappa shape index (κ3) is 2.64. The lowest BCUT2D eigenvalue weighted by atomic mass is 9.87. The molecule has 2 rings (SSSR count). The van der Waals surface area contributed by atoms with Crippen molar-refractivity contribution in [1.29, 1.82) is 0 Å². The molecule has 0 aromatic carbocycles. The third-order valence-electron chi connectivity index (χ3n) is 2.66. The van der Waals surface area contributed by atoms with Gasteiger partial charge in [-0.2, -0.15) is 0 Å². The van der Waals surface area contributed by atoms with E-state index in [0.717, 1.165) is 10.0 Å². The predicted octanol–water partition coefficient (Wildman–Crippen LogP) is 3.57. The Morgan fingerprint density at radius 3 is 2.53 bits per heavy atom. The zero-order valence-corrected chi connectivity index (χ0v) is 9.62. The molecule has 1 saturated carbocycles. The van der Waals surface area contributed by atoms with Gasteiger partial charge >= 0.3 is 0 Å². The van der Waals surface area contributed by atoms with Crippen LogP contribution >= 0.6 is 22.9 Å². The molecular formula is C9H11ClF2N2S. The summed E-state index contributed by atoms with van der Waals surface area (Å²) in [6.07, 6.45) is 0.939. The quantitative estimate of drug-likeness (QED) is 0.752. The summed E-state index contributed by atoms with van der Waals surface area (Å²) in [4.78, 5) is 0. The molecule has 15 heavy (non-hydrogen) atoms. The lowest BCUT2D eigenvalue weighted by Gasteiger charge is -2.26. The zero-order valence-electron chi connectivity index (χ0n) is 8.05. The topological polar surface area (TPSA) is 25.8 Å². The predicted molar refractivity (Wildman–Crippen MR) is 55.6 cm³/mol. The van der Waals surface area contributed by atoms with Crippen LogP contribution in [0, 0.1) is 0 Å². The molecule has 1 fully saturated rings. The number of rotatable bonds is 2. The first kappa shape index (κ1) is 11.2. The van der Waals surface area contributed by atoms with Crippen molar-refractivity contribution in [3.05, 3.63) is 10.0 Å².